The first kappa shape index (κ1) is 13.7. The summed E-state index contributed by atoms with van der Waals surface area (Å²) in [6, 6.07) is 1.66. The zero-order chi connectivity index (χ0) is 12.7. The summed E-state index contributed by atoms with van der Waals surface area (Å²) in [5, 5.41) is 15.2. The van der Waals surface area contributed by atoms with Gasteiger partial charge in [0.05, 0.1) is 13.2 Å². The average Bonchev–Trinajstić information content (AvgIpc) is 2.64. The maximum Gasteiger partial charge on any atom is 0.239 e. The van der Waals surface area contributed by atoms with E-state index in [1.807, 2.05) is 11.8 Å². The maximum atomic E-state index is 11.7. The van der Waals surface area contributed by atoms with Gasteiger partial charge in [0.15, 0.2) is 5.82 Å². The third-order valence-corrected chi connectivity index (χ3v) is 2.22. The zero-order valence-corrected chi connectivity index (χ0v) is 10.3. The van der Waals surface area contributed by atoms with Crippen molar-refractivity contribution in [3.63, 3.8) is 0 Å². The first-order valence-corrected chi connectivity index (χ1v) is 5.72. The number of aromatic nitrogens is 1. The minimum absolute atomic E-state index is 0.0519. The normalized spacial score (nSPS) is 10.8. The van der Waals surface area contributed by atoms with Crippen LogP contribution in [0.5, 0.6) is 0 Å². The van der Waals surface area contributed by atoms with Gasteiger partial charge in [-0.3, -0.25) is 9.69 Å². The monoisotopic (exact) mass is 241 g/mol. The van der Waals surface area contributed by atoms with E-state index in [9.17, 15) is 4.79 Å². The van der Waals surface area contributed by atoms with Gasteiger partial charge in [-0.1, -0.05) is 12.1 Å². The van der Waals surface area contributed by atoms with E-state index in [-0.39, 0.29) is 19.1 Å². The minimum Gasteiger partial charge on any atom is -0.395 e. The molecule has 17 heavy (non-hydrogen) atoms. The standard InChI is InChI=1S/C11H19N3O3/c1-3-4-14(5-6-15)8-11(16)12-10-7-9(2)17-13-10/h7,15H,3-6,8H2,1-2H3,(H,12,13,16). The van der Waals surface area contributed by atoms with Crippen LogP contribution < -0.4 is 5.32 Å². The second-order valence-electron chi connectivity index (χ2n) is 3.87. The minimum atomic E-state index is -0.153. The lowest BCUT2D eigenvalue weighted by Gasteiger charge is -2.19. The van der Waals surface area contributed by atoms with Crippen molar-refractivity contribution < 1.29 is 14.4 Å². The van der Waals surface area contributed by atoms with E-state index in [1.54, 1.807) is 13.0 Å². The Kier molecular flexibility index (Phi) is 5.65. The summed E-state index contributed by atoms with van der Waals surface area (Å²) in [7, 11) is 0. The van der Waals surface area contributed by atoms with E-state index >= 15 is 0 Å². The quantitative estimate of drug-likeness (QED) is 0.732. The van der Waals surface area contributed by atoms with Crippen molar-refractivity contribution >= 4 is 11.7 Å². The number of nitrogens with one attached hydrogen (secondary N) is 1. The second kappa shape index (κ2) is 7.03. The molecular formula is C11H19N3O3. The van der Waals surface area contributed by atoms with Gasteiger partial charge in [0.2, 0.25) is 5.91 Å². The number of hydrogen-bond acceptors (Lipinski definition) is 5. The van der Waals surface area contributed by atoms with Gasteiger partial charge < -0.3 is 14.9 Å². The Morgan fingerprint density at radius 1 is 1.59 bits per heavy atom. The molecule has 0 fully saturated rings. The molecule has 1 aromatic rings. The number of aliphatic hydroxyl groups is 1. The molecule has 0 saturated carbocycles. The SMILES string of the molecule is CCCN(CCO)CC(=O)Nc1cc(C)on1. The number of amides is 1. The highest BCUT2D eigenvalue weighted by atomic mass is 16.5. The molecule has 1 rings (SSSR count). The summed E-state index contributed by atoms with van der Waals surface area (Å²) < 4.78 is 4.85. The van der Waals surface area contributed by atoms with Gasteiger partial charge in [-0.15, -0.1) is 0 Å². The van der Waals surface area contributed by atoms with E-state index in [4.69, 9.17) is 9.63 Å². The third kappa shape index (κ3) is 4.97. The molecule has 0 aliphatic carbocycles. The fourth-order valence-electron chi connectivity index (χ4n) is 1.54. The van der Waals surface area contributed by atoms with E-state index < -0.39 is 0 Å². The molecule has 0 spiro atoms. The Labute approximate surface area is 101 Å². The summed E-state index contributed by atoms with van der Waals surface area (Å²) in [5.74, 6) is 0.925. The number of carbonyl (C=O) groups excluding carboxylic acids is 1. The number of nitrogens with zero attached hydrogens (tertiary/aromatic N) is 2. The van der Waals surface area contributed by atoms with Crippen LogP contribution in [0.1, 0.15) is 19.1 Å². The van der Waals surface area contributed by atoms with Crippen LogP contribution in [0.3, 0.4) is 0 Å². The van der Waals surface area contributed by atoms with Crippen LogP contribution in [0.4, 0.5) is 5.82 Å². The number of hydrogen-bond donors (Lipinski definition) is 2. The molecule has 0 aromatic carbocycles. The van der Waals surface area contributed by atoms with Gasteiger partial charge in [-0.25, -0.2) is 0 Å². The van der Waals surface area contributed by atoms with Gasteiger partial charge in [0.1, 0.15) is 5.76 Å². The van der Waals surface area contributed by atoms with E-state index in [0.29, 0.717) is 18.1 Å². The number of aryl methyl sites for hydroxylation is 1. The van der Waals surface area contributed by atoms with Crippen LogP contribution in [0.25, 0.3) is 0 Å². The third-order valence-electron chi connectivity index (χ3n) is 2.22. The van der Waals surface area contributed by atoms with Crippen LogP contribution in [0.2, 0.25) is 0 Å². The van der Waals surface area contributed by atoms with Gasteiger partial charge in [-0.05, 0) is 19.9 Å². The first-order chi connectivity index (χ1) is 8.15. The highest BCUT2D eigenvalue weighted by Crippen LogP contribution is 2.06. The van der Waals surface area contributed by atoms with Crippen LogP contribution in [0.15, 0.2) is 10.6 Å². The topological polar surface area (TPSA) is 78.6 Å². The Morgan fingerprint density at radius 3 is 2.88 bits per heavy atom. The molecule has 0 atom stereocenters. The molecule has 0 bridgehead atoms. The number of rotatable bonds is 7. The number of aliphatic hydroxyl groups excluding tert-OH is 1. The van der Waals surface area contributed by atoms with E-state index in [2.05, 4.69) is 10.5 Å². The molecule has 0 aliphatic rings. The highest BCUT2D eigenvalue weighted by molar-refractivity contribution is 5.91. The number of anilines is 1. The van der Waals surface area contributed by atoms with Gasteiger partial charge in [0, 0.05) is 12.6 Å². The first-order valence-electron chi connectivity index (χ1n) is 5.72. The second-order valence-corrected chi connectivity index (χ2v) is 3.87. The maximum absolute atomic E-state index is 11.7. The molecule has 6 nitrogen and oxygen atoms in total. The average molecular weight is 241 g/mol. The summed E-state index contributed by atoms with van der Waals surface area (Å²) in [6.07, 6.45) is 0.941. The molecule has 6 heteroatoms. The van der Waals surface area contributed by atoms with Crippen molar-refractivity contribution in [2.75, 3.05) is 31.6 Å². The molecule has 1 amide bonds. The highest BCUT2D eigenvalue weighted by Gasteiger charge is 2.11. The van der Waals surface area contributed by atoms with Crippen molar-refractivity contribution in [3.05, 3.63) is 11.8 Å². The zero-order valence-electron chi connectivity index (χ0n) is 10.3. The lowest BCUT2D eigenvalue weighted by atomic mass is 10.4. The van der Waals surface area contributed by atoms with Crippen molar-refractivity contribution in [3.8, 4) is 0 Å². The largest absolute Gasteiger partial charge is 0.395 e. The Bertz CT molecular complexity index is 345. The van der Waals surface area contributed by atoms with Gasteiger partial charge in [-0.2, -0.15) is 0 Å². The van der Waals surface area contributed by atoms with Crippen molar-refractivity contribution in [1.29, 1.82) is 0 Å². The molecule has 0 aliphatic heterocycles. The van der Waals surface area contributed by atoms with Crippen molar-refractivity contribution in [1.82, 2.24) is 10.1 Å². The van der Waals surface area contributed by atoms with Crippen molar-refractivity contribution in [2.45, 2.75) is 20.3 Å². The molecule has 1 aromatic heterocycles. The number of carbonyl (C=O) groups is 1. The predicted molar refractivity (Wildman–Crippen MR) is 63.7 cm³/mol. The Balaban J connectivity index is 2.41. The van der Waals surface area contributed by atoms with Gasteiger partial charge in [0.25, 0.3) is 0 Å². The molecule has 2 N–H and O–H groups in total. The van der Waals surface area contributed by atoms with Crippen LogP contribution in [-0.4, -0.2) is 47.3 Å². The molecular weight excluding hydrogens is 222 g/mol. The molecule has 96 valence electrons. The van der Waals surface area contributed by atoms with Crippen LogP contribution >= 0.6 is 0 Å². The molecule has 0 radical (unpaired) electrons. The molecule has 0 saturated heterocycles. The predicted octanol–water partition coefficient (Wildman–Crippen LogP) is 0.626. The van der Waals surface area contributed by atoms with Gasteiger partial charge >= 0.3 is 0 Å². The van der Waals surface area contributed by atoms with E-state index in [0.717, 1.165) is 13.0 Å². The van der Waals surface area contributed by atoms with E-state index in [1.165, 1.54) is 0 Å². The smallest absolute Gasteiger partial charge is 0.239 e. The molecule has 1 heterocycles. The summed E-state index contributed by atoms with van der Waals surface area (Å²) >= 11 is 0. The lowest BCUT2D eigenvalue weighted by Crippen LogP contribution is -2.35. The summed E-state index contributed by atoms with van der Waals surface area (Å²) in [5.41, 5.74) is 0. The Hall–Kier alpha value is -1.40. The van der Waals surface area contributed by atoms with Crippen LogP contribution in [0, 0.1) is 6.92 Å². The summed E-state index contributed by atoms with van der Waals surface area (Å²) in [6.45, 7) is 5.38. The summed E-state index contributed by atoms with van der Waals surface area (Å²) in [4.78, 5) is 13.6. The van der Waals surface area contributed by atoms with Crippen molar-refractivity contribution in [2.24, 2.45) is 0 Å². The fourth-order valence-corrected chi connectivity index (χ4v) is 1.54. The fraction of sp³-hybridized carbons (Fsp3) is 0.636. The lowest BCUT2D eigenvalue weighted by molar-refractivity contribution is -0.117. The Morgan fingerprint density at radius 2 is 2.35 bits per heavy atom. The van der Waals surface area contributed by atoms with Crippen LogP contribution in [-0.2, 0) is 4.79 Å². The molecule has 0 unspecified atom stereocenters.